The van der Waals surface area contributed by atoms with Gasteiger partial charge in [0.1, 0.15) is 0 Å². The molecule has 2 heteroatoms. The van der Waals surface area contributed by atoms with Crippen LogP contribution >= 0.6 is 0 Å². The fourth-order valence-corrected chi connectivity index (χ4v) is 2.71. The van der Waals surface area contributed by atoms with Crippen LogP contribution in [0.5, 0.6) is 0 Å². The van der Waals surface area contributed by atoms with Crippen molar-refractivity contribution in [3.8, 4) is 0 Å². The van der Waals surface area contributed by atoms with Crippen molar-refractivity contribution in [1.29, 1.82) is 0 Å². The van der Waals surface area contributed by atoms with Gasteiger partial charge in [0.05, 0.1) is 0 Å². The van der Waals surface area contributed by atoms with Gasteiger partial charge in [0, 0.05) is 19.5 Å². The van der Waals surface area contributed by atoms with Crippen molar-refractivity contribution in [2.24, 2.45) is 17.3 Å². The SMILES string of the molecule is CCCC(=O)N1CC2C(C1)C2(C)C. The summed E-state index contributed by atoms with van der Waals surface area (Å²) in [6.07, 6.45) is 1.72. The highest BCUT2D eigenvalue weighted by Gasteiger charge is 2.62. The molecule has 2 atom stereocenters. The van der Waals surface area contributed by atoms with Crippen LogP contribution in [0.1, 0.15) is 33.6 Å². The third-order valence-corrected chi connectivity index (χ3v) is 3.94. The predicted molar refractivity (Wildman–Crippen MR) is 52.2 cm³/mol. The molecule has 0 aromatic heterocycles. The summed E-state index contributed by atoms with van der Waals surface area (Å²) in [6.45, 7) is 8.76. The molecule has 0 aromatic carbocycles. The van der Waals surface area contributed by atoms with Crippen molar-refractivity contribution in [3.05, 3.63) is 0 Å². The fraction of sp³-hybridized carbons (Fsp3) is 0.909. The molecule has 2 nitrogen and oxygen atoms in total. The van der Waals surface area contributed by atoms with Gasteiger partial charge < -0.3 is 4.90 Å². The van der Waals surface area contributed by atoms with Gasteiger partial charge in [0.2, 0.25) is 5.91 Å². The Kier molecular flexibility index (Phi) is 1.90. The number of carbonyl (C=O) groups excluding carboxylic acids is 1. The molecular formula is C11H19NO. The standard InChI is InChI=1S/C11H19NO/c1-4-5-10(13)12-6-8-9(7-12)11(8,2)3/h8-9H,4-7H2,1-3H3. The van der Waals surface area contributed by atoms with Crippen LogP contribution in [0.15, 0.2) is 0 Å². The minimum atomic E-state index is 0.366. The quantitative estimate of drug-likeness (QED) is 0.637. The summed E-state index contributed by atoms with van der Waals surface area (Å²) in [7, 11) is 0. The Morgan fingerprint density at radius 3 is 2.38 bits per heavy atom. The van der Waals surface area contributed by atoms with Crippen molar-refractivity contribution >= 4 is 5.91 Å². The highest BCUT2D eigenvalue weighted by Crippen LogP contribution is 2.61. The lowest BCUT2D eigenvalue weighted by Crippen LogP contribution is -2.32. The van der Waals surface area contributed by atoms with Gasteiger partial charge in [-0.15, -0.1) is 0 Å². The van der Waals surface area contributed by atoms with Crippen LogP contribution in [0.2, 0.25) is 0 Å². The van der Waals surface area contributed by atoms with Crippen molar-refractivity contribution < 1.29 is 4.79 Å². The second-order valence-corrected chi connectivity index (χ2v) is 5.08. The number of amides is 1. The van der Waals surface area contributed by atoms with Gasteiger partial charge in [-0.05, 0) is 23.7 Å². The lowest BCUT2D eigenvalue weighted by atomic mass is 10.1. The fourth-order valence-electron chi connectivity index (χ4n) is 2.71. The van der Waals surface area contributed by atoms with Gasteiger partial charge in [-0.25, -0.2) is 0 Å². The highest BCUT2D eigenvalue weighted by molar-refractivity contribution is 5.76. The molecule has 0 radical (unpaired) electrons. The van der Waals surface area contributed by atoms with Crippen LogP contribution in [-0.4, -0.2) is 23.9 Å². The van der Waals surface area contributed by atoms with Crippen LogP contribution in [0.4, 0.5) is 0 Å². The molecule has 2 aliphatic rings. The molecule has 1 amide bonds. The summed E-state index contributed by atoms with van der Waals surface area (Å²) in [5, 5.41) is 0. The summed E-state index contributed by atoms with van der Waals surface area (Å²) in [5.41, 5.74) is 0.531. The first kappa shape index (κ1) is 9.04. The van der Waals surface area contributed by atoms with E-state index in [1.807, 2.05) is 0 Å². The second-order valence-electron chi connectivity index (χ2n) is 5.08. The van der Waals surface area contributed by atoms with E-state index >= 15 is 0 Å². The third kappa shape index (κ3) is 1.27. The minimum absolute atomic E-state index is 0.366. The molecule has 1 saturated carbocycles. The monoisotopic (exact) mass is 181 g/mol. The summed E-state index contributed by atoms with van der Waals surface area (Å²) in [6, 6.07) is 0. The van der Waals surface area contributed by atoms with E-state index in [-0.39, 0.29) is 0 Å². The molecule has 1 heterocycles. The van der Waals surface area contributed by atoms with Gasteiger partial charge in [-0.1, -0.05) is 20.8 Å². The zero-order valence-electron chi connectivity index (χ0n) is 8.84. The van der Waals surface area contributed by atoms with Gasteiger partial charge in [0.25, 0.3) is 0 Å². The number of piperidine rings is 1. The van der Waals surface area contributed by atoms with E-state index in [1.165, 1.54) is 0 Å². The first-order chi connectivity index (χ1) is 6.07. The largest absolute Gasteiger partial charge is 0.342 e. The first-order valence-corrected chi connectivity index (χ1v) is 5.35. The molecule has 1 aliphatic carbocycles. The summed E-state index contributed by atoms with van der Waals surface area (Å²) in [4.78, 5) is 13.6. The van der Waals surface area contributed by atoms with Gasteiger partial charge in [0.15, 0.2) is 0 Å². The third-order valence-electron chi connectivity index (χ3n) is 3.94. The van der Waals surface area contributed by atoms with E-state index in [1.54, 1.807) is 0 Å². The molecule has 1 saturated heterocycles. The Morgan fingerprint density at radius 1 is 1.38 bits per heavy atom. The van der Waals surface area contributed by atoms with E-state index in [2.05, 4.69) is 25.7 Å². The number of hydrogen-bond donors (Lipinski definition) is 0. The summed E-state index contributed by atoms with van der Waals surface area (Å²) in [5.74, 6) is 1.96. The molecule has 0 bridgehead atoms. The zero-order valence-corrected chi connectivity index (χ0v) is 8.84. The normalized spacial score (nSPS) is 34.5. The van der Waals surface area contributed by atoms with E-state index in [0.29, 0.717) is 11.3 Å². The number of rotatable bonds is 2. The molecule has 0 spiro atoms. The summed E-state index contributed by atoms with van der Waals surface area (Å²) >= 11 is 0. The maximum atomic E-state index is 11.5. The Labute approximate surface area is 80.3 Å². The van der Waals surface area contributed by atoms with Crippen molar-refractivity contribution in [1.82, 2.24) is 4.90 Å². The molecule has 13 heavy (non-hydrogen) atoms. The number of fused-ring (bicyclic) bond motifs is 1. The van der Waals surface area contributed by atoms with Gasteiger partial charge in [-0.2, -0.15) is 0 Å². The smallest absolute Gasteiger partial charge is 0.222 e. The maximum Gasteiger partial charge on any atom is 0.222 e. The first-order valence-electron chi connectivity index (χ1n) is 5.35. The van der Waals surface area contributed by atoms with E-state index in [4.69, 9.17) is 0 Å². The molecular weight excluding hydrogens is 162 g/mol. The Morgan fingerprint density at radius 2 is 1.92 bits per heavy atom. The van der Waals surface area contributed by atoms with E-state index in [0.717, 1.165) is 37.8 Å². The predicted octanol–water partition coefficient (Wildman–Crippen LogP) is 1.90. The van der Waals surface area contributed by atoms with Crippen molar-refractivity contribution in [2.45, 2.75) is 33.6 Å². The number of carbonyl (C=O) groups is 1. The molecule has 74 valence electrons. The number of hydrogen-bond acceptors (Lipinski definition) is 1. The minimum Gasteiger partial charge on any atom is -0.342 e. The molecule has 2 fully saturated rings. The Bertz CT molecular complexity index is 220. The molecule has 0 aromatic rings. The van der Waals surface area contributed by atoms with Crippen LogP contribution in [-0.2, 0) is 4.79 Å². The lowest BCUT2D eigenvalue weighted by Gasteiger charge is -2.21. The highest BCUT2D eigenvalue weighted by atomic mass is 16.2. The van der Waals surface area contributed by atoms with Crippen LogP contribution < -0.4 is 0 Å². The average molecular weight is 181 g/mol. The molecule has 2 unspecified atom stereocenters. The maximum absolute atomic E-state index is 11.5. The summed E-state index contributed by atoms with van der Waals surface area (Å²) < 4.78 is 0. The van der Waals surface area contributed by atoms with E-state index < -0.39 is 0 Å². The lowest BCUT2D eigenvalue weighted by molar-refractivity contribution is -0.131. The number of likely N-dealkylation sites (tertiary alicyclic amines) is 1. The van der Waals surface area contributed by atoms with Crippen LogP contribution in [0.3, 0.4) is 0 Å². The second kappa shape index (κ2) is 2.73. The van der Waals surface area contributed by atoms with Crippen LogP contribution in [0.25, 0.3) is 0 Å². The van der Waals surface area contributed by atoms with Gasteiger partial charge in [-0.3, -0.25) is 4.79 Å². The number of nitrogens with zero attached hydrogens (tertiary/aromatic N) is 1. The zero-order chi connectivity index (χ0) is 9.64. The van der Waals surface area contributed by atoms with Crippen LogP contribution in [0, 0.1) is 17.3 Å². The van der Waals surface area contributed by atoms with Crippen molar-refractivity contribution in [3.63, 3.8) is 0 Å². The Balaban J connectivity index is 1.87. The van der Waals surface area contributed by atoms with Crippen molar-refractivity contribution in [2.75, 3.05) is 13.1 Å². The van der Waals surface area contributed by atoms with E-state index in [9.17, 15) is 4.79 Å². The molecule has 0 N–H and O–H groups in total. The molecule has 1 aliphatic heterocycles. The topological polar surface area (TPSA) is 20.3 Å². The Hall–Kier alpha value is -0.530. The average Bonchev–Trinajstić information content (AvgIpc) is 2.53. The molecule has 2 rings (SSSR count). The van der Waals surface area contributed by atoms with Gasteiger partial charge >= 0.3 is 0 Å².